The number of anilines is 2. The van der Waals surface area contributed by atoms with E-state index < -0.39 is 5.92 Å². The first kappa shape index (κ1) is 28.1. The molecule has 2 heterocycles. The van der Waals surface area contributed by atoms with E-state index in [2.05, 4.69) is 21.6 Å². The van der Waals surface area contributed by atoms with E-state index in [0.717, 1.165) is 17.0 Å². The van der Waals surface area contributed by atoms with Gasteiger partial charge < -0.3 is 15.8 Å². The molecule has 41 heavy (non-hydrogen) atoms. The second-order valence-corrected chi connectivity index (χ2v) is 11.5. The molecule has 1 aromatic heterocycles. The number of rotatable bonds is 9. The van der Waals surface area contributed by atoms with Crippen LogP contribution in [0.4, 0.5) is 10.8 Å². The maximum absolute atomic E-state index is 13.2. The Morgan fingerprint density at radius 3 is 2.73 bits per heavy atom. The van der Waals surface area contributed by atoms with Crippen molar-refractivity contribution >= 4 is 51.7 Å². The molecule has 1 amide bonds. The molecule has 0 saturated heterocycles. The maximum Gasteiger partial charge on any atom is 0.234 e. The highest BCUT2D eigenvalue weighted by Gasteiger charge is 2.39. The number of ketones is 1. The average Bonchev–Trinajstić information content (AvgIpc) is 3.45. The number of thioether (sulfide) groups is 1. The van der Waals surface area contributed by atoms with E-state index in [9.17, 15) is 14.9 Å². The van der Waals surface area contributed by atoms with Crippen molar-refractivity contribution in [2.24, 2.45) is 11.7 Å². The molecule has 208 valence electrons. The Morgan fingerprint density at radius 1 is 1.22 bits per heavy atom. The number of carbonyl (C=O) groups excluding carboxylic acids is 2. The Labute approximate surface area is 246 Å². The zero-order chi connectivity index (χ0) is 28.8. The van der Waals surface area contributed by atoms with Crippen LogP contribution in [0.1, 0.15) is 31.7 Å². The monoisotopic (exact) mass is 584 g/mol. The predicted octanol–water partition coefficient (Wildman–Crippen LogP) is 5.52. The van der Waals surface area contributed by atoms with Crippen molar-refractivity contribution in [1.82, 2.24) is 10.2 Å². The van der Waals surface area contributed by atoms with Gasteiger partial charge in [0.2, 0.25) is 11.0 Å². The Bertz CT molecular complexity index is 1570. The van der Waals surface area contributed by atoms with E-state index in [0.29, 0.717) is 52.2 Å². The van der Waals surface area contributed by atoms with Crippen LogP contribution in [0.5, 0.6) is 5.75 Å². The molecule has 1 atom stereocenters. The molecular formula is C30H28N6O3S2. The van der Waals surface area contributed by atoms with Crippen LogP contribution in [-0.4, -0.2) is 34.2 Å². The van der Waals surface area contributed by atoms with Gasteiger partial charge in [0.25, 0.3) is 0 Å². The summed E-state index contributed by atoms with van der Waals surface area (Å²) in [6, 6.07) is 19.1. The largest absolute Gasteiger partial charge is 0.494 e. The van der Waals surface area contributed by atoms with Crippen molar-refractivity contribution in [1.29, 1.82) is 5.26 Å². The molecule has 0 fully saturated rings. The first-order valence-electron chi connectivity index (χ1n) is 13.2. The van der Waals surface area contributed by atoms with Gasteiger partial charge in [-0.15, -0.1) is 10.2 Å². The van der Waals surface area contributed by atoms with Crippen molar-refractivity contribution in [3.8, 4) is 11.8 Å². The molecule has 2 aromatic carbocycles. The standard InChI is InChI=1S/C30H28N6O3S2/c1-2-39-21-14-12-20(13-15-21)33-26(38)18-40-30-35-34-29(41-30)36-24-9-6-10-25(37)27(24)22(23(17-31)28(36)32)16-11-19-7-4-3-5-8-19/h3-5,7-8,11-16,22H,2,6,9-10,18,32H2,1H3,(H,33,38)/b16-11+. The highest BCUT2D eigenvalue weighted by molar-refractivity contribution is 8.01. The van der Waals surface area contributed by atoms with Gasteiger partial charge in [0.15, 0.2) is 10.1 Å². The molecule has 5 rings (SSSR count). The summed E-state index contributed by atoms with van der Waals surface area (Å²) in [4.78, 5) is 27.4. The van der Waals surface area contributed by atoms with Crippen LogP contribution in [-0.2, 0) is 9.59 Å². The van der Waals surface area contributed by atoms with Crippen LogP contribution < -0.4 is 20.7 Å². The van der Waals surface area contributed by atoms with Crippen LogP contribution in [0, 0.1) is 17.2 Å². The summed E-state index contributed by atoms with van der Waals surface area (Å²) >= 11 is 2.52. The van der Waals surface area contributed by atoms with Gasteiger partial charge in [0.1, 0.15) is 11.6 Å². The summed E-state index contributed by atoms with van der Waals surface area (Å²) < 4.78 is 6.00. The van der Waals surface area contributed by atoms with Crippen molar-refractivity contribution < 1.29 is 14.3 Å². The lowest BCUT2D eigenvalue weighted by atomic mass is 9.79. The molecule has 0 spiro atoms. The average molecular weight is 585 g/mol. The highest BCUT2D eigenvalue weighted by Crippen LogP contribution is 2.44. The van der Waals surface area contributed by atoms with Gasteiger partial charge in [-0.05, 0) is 49.6 Å². The summed E-state index contributed by atoms with van der Waals surface area (Å²) in [5, 5.41) is 22.0. The topological polar surface area (TPSA) is 134 Å². The minimum atomic E-state index is -0.535. The van der Waals surface area contributed by atoms with Crippen LogP contribution in [0.25, 0.3) is 6.08 Å². The fraction of sp³-hybridized carbons (Fsp3) is 0.233. The van der Waals surface area contributed by atoms with Crippen molar-refractivity contribution in [3.05, 3.63) is 88.9 Å². The molecule has 3 N–H and O–H groups in total. The van der Waals surface area contributed by atoms with E-state index >= 15 is 0 Å². The van der Waals surface area contributed by atoms with Crippen molar-refractivity contribution in [2.45, 2.75) is 30.5 Å². The van der Waals surface area contributed by atoms with Gasteiger partial charge in [0, 0.05) is 29.3 Å². The first-order valence-corrected chi connectivity index (χ1v) is 15.0. The number of amides is 1. The molecule has 0 saturated carbocycles. The Hall–Kier alpha value is -4.40. The third kappa shape index (κ3) is 6.34. The van der Waals surface area contributed by atoms with E-state index in [1.165, 1.54) is 23.1 Å². The molecule has 1 aliphatic heterocycles. The summed E-state index contributed by atoms with van der Waals surface area (Å²) in [7, 11) is 0. The number of nitrogens with one attached hydrogen (secondary N) is 1. The summed E-state index contributed by atoms with van der Waals surface area (Å²) in [5.41, 5.74) is 9.85. The second kappa shape index (κ2) is 12.8. The molecule has 11 heteroatoms. The number of aromatic nitrogens is 2. The Kier molecular flexibility index (Phi) is 8.82. The lowest BCUT2D eigenvalue weighted by molar-refractivity contribution is -0.116. The smallest absolute Gasteiger partial charge is 0.234 e. The van der Waals surface area contributed by atoms with Gasteiger partial charge >= 0.3 is 0 Å². The number of carbonyl (C=O) groups is 2. The van der Waals surface area contributed by atoms with Crippen LogP contribution in [0.2, 0.25) is 0 Å². The number of nitriles is 1. The molecule has 1 aliphatic carbocycles. The fourth-order valence-electron chi connectivity index (χ4n) is 4.79. The predicted molar refractivity (Wildman–Crippen MR) is 161 cm³/mol. The number of benzene rings is 2. The quantitative estimate of drug-likeness (QED) is 0.312. The number of nitrogens with two attached hydrogens (primary N) is 1. The van der Waals surface area contributed by atoms with Crippen LogP contribution in [0.3, 0.4) is 0 Å². The van der Waals surface area contributed by atoms with Gasteiger partial charge in [-0.3, -0.25) is 14.5 Å². The summed E-state index contributed by atoms with van der Waals surface area (Å²) in [6.07, 6.45) is 5.52. The third-order valence-electron chi connectivity index (χ3n) is 6.60. The molecule has 3 aromatic rings. The number of Topliss-reactive ketones (excluding diaryl/α,β-unsaturated/α-hetero) is 1. The fourth-order valence-corrected chi connectivity index (χ4v) is 6.47. The zero-order valence-corrected chi connectivity index (χ0v) is 24.0. The van der Waals surface area contributed by atoms with Crippen molar-refractivity contribution in [3.63, 3.8) is 0 Å². The minimum absolute atomic E-state index is 0.00397. The van der Waals surface area contributed by atoms with E-state index in [1.807, 2.05) is 49.4 Å². The van der Waals surface area contributed by atoms with Crippen molar-refractivity contribution in [2.75, 3.05) is 22.6 Å². The number of nitrogens with zero attached hydrogens (tertiary/aromatic N) is 4. The van der Waals surface area contributed by atoms with E-state index in [1.54, 1.807) is 29.2 Å². The van der Waals surface area contributed by atoms with Gasteiger partial charge in [-0.25, -0.2) is 0 Å². The lowest BCUT2D eigenvalue weighted by Gasteiger charge is -2.37. The van der Waals surface area contributed by atoms with E-state index in [4.69, 9.17) is 10.5 Å². The zero-order valence-electron chi connectivity index (χ0n) is 22.4. The Morgan fingerprint density at radius 2 is 2.00 bits per heavy atom. The maximum atomic E-state index is 13.2. The SMILES string of the molecule is CCOc1ccc(NC(=O)CSc2nnc(N3C(N)=C(C#N)C(/C=C/c4ccccc4)C4=C3CCCC4=O)s2)cc1. The van der Waals surface area contributed by atoms with Crippen LogP contribution >= 0.6 is 23.1 Å². The van der Waals surface area contributed by atoms with Gasteiger partial charge in [-0.2, -0.15) is 5.26 Å². The minimum Gasteiger partial charge on any atom is -0.494 e. The number of hydrogen-bond acceptors (Lipinski definition) is 10. The summed E-state index contributed by atoms with van der Waals surface area (Å²) in [5.74, 6) is 0.399. The third-order valence-corrected chi connectivity index (χ3v) is 8.64. The Balaban J connectivity index is 1.34. The van der Waals surface area contributed by atoms with Gasteiger partial charge in [-0.1, -0.05) is 65.6 Å². The number of ether oxygens (including phenoxy) is 1. The molecular weight excluding hydrogens is 557 g/mol. The first-order chi connectivity index (χ1) is 20.0. The lowest BCUT2D eigenvalue weighted by Crippen LogP contribution is -2.39. The van der Waals surface area contributed by atoms with Gasteiger partial charge in [0.05, 0.1) is 24.0 Å². The van der Waals surface area contributed by atoms with E-state index in [-0.39, 0.29) is 23.3 Å². The van der Waals surface area contributed by atoms with Crippen LogP contribution in [0.15, 0.2) is 87.7 Å². The molecule has 9 nitrogen and oxygen atoms in total. The highest BCUT2D eigenvalue weighted by atomic mass is 32.2. The molecule has 0 bridgehead atoms. The molecule has 0 radical (unpaired) electrons. The molecule has 2 aliphatic rings. The summed E-state index contributed by atoms with van der Waals surface area (Å²) in [6.45, 7) is 2.49. The number of hydrogen-bond donors (Lipinski definition) is 2. The molecule has 1 unspecified atom stereocenters. The number of allylic oxidation sites excluding steroid dienone is 4. The normalized spacial score (nSPS) is 17.0. The second-order valence-electron chi connectivity index (χ2n) is 9.28.